The molecule has 0 saturated carbocycles. The number of ether oxygens (including phenoxy) is 3. The number of fused-ring (bicyclic) bond motifs is 2. The lowest BCUT2D eigenvalue weighted by molar-refractivity contribution is -0.115. The van der Waals surface area contributed by atoms with E-state index in [1.165, 1.54) is 29.8 Å². The number of thiophene rings is 1. The summed E-state index contributed by atoms with van der Waals surface area (Å²) in [5.41, 5.74) is 2.69. The van der Waals surface area contributed by atoms with Crippen molar-refractivity contribution in [3.8, 4) is 0 Å². The molecule has 1 N–H and O–H groups in total. The van der Waals surface area contributed by atoms with Gasteiger partial charge in [0, 0.05) is 18.5 Å². The summed E-state index contributed by atoms with van der Waals surface area (Å²) in [6.07, 6.45) is 4.85. The van der Waals surface area contributed by atoms with E-state index in [-0.39, 0.29) is 29.9 Å². The topological polar surface area (TPSA) is 125 Å². The van der Waals surface area contributed by atoms with Crippen LogP contribution in [0.4, 0.5) is 5.00 Å². The first kappa shape index (κ1) is 30.9. The van der Waals surface area contributed by atoms with Gasteiger partial charge in [0.1, 0.15) is 5.00 Å². The van der Waals surface area contributed by atoms with Crippen LogP contribution in [0.3, 0.4) is 0 Å². The van der Waals surface area contributed by atoms with E-state index in [1.807, 2.05) is 10.6 Å². The van der Waals surface area contributed by atoms with E-state index in [0.29, 0.717) is 34.1 Å². The molecule has 0 bridgehead atoms. The van der Waals surface area contributed by atoms with E-state index >= 15 is 0 Å². The molecule has 220 valence electrons. The molecular weight excluding hydrogens is 587 g/mol. The largest absolute Gasteiger partial charge is 0.465 e. The lowest BCUT2D eigenvalue weighted by Gasteiger charge is -2.07. The van der Waals surface area contributed by atoms with Gasteiger partial charge in [0.05, 0.1) is 53.2 Å². The minimum absolute atomic E-state index is 0.00478. The molecule has 0 saturated heterocycles. The second kappa shape index (κ2) is 14.8. The Labute approximate surface area is 250 Å². The van der Waals surface area contributed by atoms with Crippen LogP contribution in [0.25, 0.3) is 10.2 Å². The Morgan fingerprint density at radius 2 is 1.85 bits per heavy atom. The Balaban J connectivity index is 1.44. The molecule has 41 heavy (non-hydrogen) atoms. The summed E-state index contributed by atoms with van der Waals surface area (Å²) in [6.45, 7) is 2.92. The molecule has 4 rings (SSSR count). The van der Waals surface area contributed by atoms with Gasteiger partial charge >= 0.3 is 11.9 Å². The maximum absolute atomic E-state index is 12.8. The van der Waals surface area contributed by atoms with Gasteiger partial charge in [-0.25, -0.2) is 9.59 Å². The molecule has 10 nitrogen and oxygen atoms in total. The lowest BCUT2D eigenvalue weighted by atomic mass is 10.1. The number of benzene rings is 1. The second-order valence-corrected chi connectivity index (χ2v) is 12.3. The molecule has 0 atom stereocenters. The number of nitrogens with zero attached hydrogens (tertiary/aromatic N) is 2. The van der Waals surface area contributed by atoms with Crippen molar-refractivity contribution in [3.63, 3.8) is 0 Å². The Hall–Kier alpha value is -3.00. The van der Waals surface area contributed by atoms with Crippen LogP contribution in [0.15, 0.2) is 23.2 Å². The standard InChI is InChI=1S/C28H33N3O7S3/c1-4-38-26(34)17-10-11-19-21(14-17)41-28(31(19)12-13-36-2)30-23(33)16-39-15-22(32)29-25-24(27(35)37-3)18-8-6-5-7-9-20(18)40-25/h10-11,14H,4-9,12-13,15-16H2,1-3H3,(H,29,32). The predicted octanol–water partition coefficient (Wildman–Crippen LogP) is 4.44. The molecule has 0 spiro atoms. The Kier molecular flexibility index (Phi) is 11.1. The number of thioether (sulfide) groups is 1. The van der Waals surface area contributed by atoms with Gasteiger partial charge in [-0.05, 0) is 56.4 Å². The van der Waals surface area contributed by atoms with Gasteiger partial charge in [-0.3, -0.25) is 9.59 Å². The minimum Gasteiger partial charge on any atom is -0.465 e. The van der Waals surface area contributed by atoms with Crippen molar-refractivity contribution in [2.45, 2.75) is 45.6 Å². The zero-order valence-corrected chi connectivity index (χ0v) is 25.7. The maximum atomic E-state index is 12.8. The van der Waals surface area contributed by atoms with Crippen LogP contribution in [0.5, 0.6) is 0 Å². The summed E-state index contributed by atoms with van der Waals surface area (Å²) in [5.74, 6) is -1.50. The number of aromatic nitrogens is 1. The zero-order chi connectivity index (χ0) is 29.4. The summed E-state index contributed by atoms with van der Waals surface area (Å²) in [5, 5.41) is 3.37. The van der Waals surface area contributed by atoms with Gasteiger partial charge in [-0.1, -0.05) is 17.8 Å². The van der Waals surface area contributed by atoms with Gasteiger partial charge < -0.3 is 24.1 Å². The highest BCUT2D eigenvalue weighted by Crippen LogP contribution is 2.38. The van der Waals surface area contributed by atoms with Crippen molar-refractivity contribution in [2.24, 2.45) is 4.99 Å². The highest BCUT2D eigenvalue weighted by molar-refractivity contribution is 8.00. The van der Waals surface area contributed by atoms with E-state index in [9.17, 15) is 19.2 Å². The monoisotopic (exact) mass is 619 g/mol. The van der Waals surface area contributed by atoms with Gasteiger partial charge in [0.25, 0.3) is 5.91 Å². The van der Waals surface area contributed by atoms with E-state index in [2.05, 4.69) is 10.3 Å². The fraction of sp³-hybridized carbons (Fsp3) is 0.464. The fourth-order valence-electron chi connectivity index (χ4n) is 4.58. The van der Waals surface area contributed by atoms with Crippen molar-refractivity contribution < 1.29 is 33.4 Å². The first-order chi connectivity index (χ1) is 19.9. The summed E-state index contributed by atoms with van der Waals surface area (Å²) in [4.78, 5) is 56.1. The number of hydrogen-bond acceptors (Lipinski definition) is 10. The summed E-state index contributed by atoms with van der Waals surface area (Å²) >= 11 is 3.88. The van der Waals surface area contributed by atoms with E-state index < -0.39 is 11.9 Å². The number of rotatable bonds is 11. The van der Waals surface area contributed by atoms with Crippen LogP contribution in [0.2, 0.25) is 0 Å². The number of amides is 2. The minimum atomic E-state index is -0.444. The first-order valence-electron chi connectivity index (χ1n) is 13.3. The average Bonchev–Trinajstić information content (AvgIpc) is 3.37. The van der Waals surface area contributed by atoms with Gasteiger partial charge in [-0.2, -0.15) is 4.99 Å². The van der Waals surface area contributed by atoms with E-state index in [1.54, 1.807) is 26.2 Å². The zero-order valence-electron chi connectivity index (χ0n) is 23.3. The number of esters is 2. The third-order valence-electron chi connectivity index (χ3n) is 6.46. The summed E-state index contributed by atoms with van der Waals surface area (Å²) < 4.78 is 18.0. The number of anilines is 1. The number of thiazole rings is 1. The predicted molar refractivity (Wildman–Crippen MR) is 161 cm³/mol. The lowest BCUT2D eigenvalue weighted by Crippen LogP contribution is -2.20. The summed E-state index contributed by atoms with van der Waals surface area (Å²) in [6, 6.07) is 5.23. The highest BCUT2D eigenvalue weighted by atomic mass is 32.2. The Morgan fingerprint density at radius 3 is 2.61 bits per heavy atom. The smallest absolute Gasteiger partial charge is 0.341 e. The van der Waals surface area contributed by atoms with Crippen molar-refractivity contribution in [2.75, 3.05) is 44.3 Å². The Morgan fingerprint density at radius 1 is 1.05 bits per heavy atom. The molecule has 2 heterocycles. The molecule has 13 heteroatoms. The van der Waals surface area contributed by atoms with Crippen LogP contribution in [-0.4, -0.2) is 67.3 Å². The third kappa shape index (κ3) is 7.64. The number of methoxy groups -OCH3 is 2. The molecular formula is C28H33N3O7S3. The van der Waals surface area contributed by atoms with Crippen LogP contribution in [0.1, 0.15) is 57.3 Å². The molecule has 0 aliphatic heterocycles. The molecule has 1 aliphatic rings. The van der Waals surface area contributed by atoms with Crippen LogP contribution in [-0.2, 0) is 43.2 Å². The van der Waals surface area contributed by atoms with Gasteiger partial charge in [0.15, 0.2) is 4.80 Å². The van der Waals surface area contributed by atoms with Gasteiger partial charge in [-0.15, -0.1) is 23.1 Å². The Bertz CT molecular complexity index is 1510. The van der Waals surface area contributed by atoms with Crippen LogP contribution in [0, 0.1) is 0 Å². The number of carbonyl (C=O) groups excluding carboxylic acids is 4. The van der Waals surface area contributed by atoms with Crippen molar-refractivity contribution >= 4 is 73.4 Å². The summed E-state index contributed by atoms with van der Waals surface area (Å²) in [7, 11) is 2.94. The first-order valence-corrected chi connectivity index (χ1v) is 16.1. The SMILES string of the molecule is CCOC(=O)c1ccc2c(c1)sc(=NC(=O)CSCC(=O)Nc1sc3c(c1C(=O)OC)CCCCC3)n2CCOC. The molecule has 0 unspecified atom stereocenters. The number of hydrogen-bond donors (Lipinski definition) is 1. The van der Waals surface area contributed by atoms with Gasteiger partial charge in [0.2, 0.25) is 5.91 Å². The molecule has 1 aromatic carbocycles. The van der Waals surface area contributed by atoms with E-state index in [4.69, 9.17) is 14.2 Å². The quantitative estimate of drug-likeness (QED) is 0.247. The maximum Gasteiger partial charge on any atom is 0.341 e. The van der Waals surface area contributed by atoms with Crippen molar-refractivity contribution in [3.05, 3.63) is 44.6 Å². The molecule has 2 amide bonds. The molecule has 1 aliphatic carbocycles. The average molecular weight is 620 g/mol. The second-order valence-electron chi connectivity index (χ2n) is 9.24. The number of aryl methyl sites for hydroxylation is 1. The number of carbonyl (C=O) groups is 4. The molecule has 3 aromatic rings. The fourth-order valence-corrected chi connectivity index (χ4v) is 7.59. The molecule has 2 aromatic heterocycles. The van der Waals surface area contributed by atoms with Crippen molar-refractivity contribution in [1.82, 2.24) is 4.57 Å². The third-order valence-corrected chi connectivity index (χ3v) is 9.62. The molecule has 0 radical (unpaired) electrons. The number of nitrogens with one attached hydrogen (secondary N) is 1. The molecule has 0 fully saturated rings. The highest BCUT2D eigenvalue weighted by Gasteiger charge is 2.26. The van der Waals surface area contributed by atoms with Crippen LogP contribution < -0.4 is 10.1 Å². The normalized spacial score (nSPS) is 13.5. The van der Waals surface area contributed by atoms with Crippen LogP contribution >= 0.6 is 34.4 Å². The van der Waals surface area contributed by atoms with Crippen molar-refractivity contribution in [1.29, 1.82) is 0 Å². The van der Waals surface area contributed by atoms with E-state index in [0.717, 1.165) is 64.5 Å².